The number of nitrogens with zero attached hydrogens (tertiary/aromatic N) is 1. The summed E-state index contributed by atoms with van der Waals surface area (Å²) in [6.45, 7) is 1.77. The molecule has 0 saturated heterocycles. The minimum atomic E-state index is -0.494. The Morgan fingerprint density at radius 3 is 2.80 bits per heavy atom. The van der Waals surface area contributed by atoms with Gasteiger partial charge in [0.15, 0.2) is 0 Å². The van der Waals surface area contributed by atoms with Gasteiger partial charge in [-0.05, 0) is 30.0 Å². The summed E-state index contributed by atoms with van der Waals surface area (Å²) in [7, 11) is 0. The fraction of sp³-hybridized carbons (Fsp3) is 0.167. The van der Waals surface area contributed by atoms with Crippen molar-refractivity contribution in [2.75, 3.05) is 6.54 Å². The lowest BCUT2D eigenvalue weighted by Crippen LogP contribution is -2.31. The number of thiazole rings is 1. The quantitative estimate of drug-likeness (QED) is 0.671. The van der Waals surface area contributed by atoms with Crippen molar-refractivity contribution in [3.63, 3.8) is 0 Å². The molecule has 1 N–H and O–H groups in total. The minimum Gasteiger partial charge on any atom is -0.458 e. The number of thiophene rings is 1. The maximum absolute atomic E-state index is 12.1. The molecule has 1 aromatic carbocycles. The smallest absolute Gasteiger partial charge is 0.325 e. The van der Waals surface area contributed by atoms with Gasteiger partial charge in [-0.15, -0.1) is 11.3 Å². The van der Waals surface area contributed by atoms with E-state index in [4.69, 9.17) is 4.74 Å². The van der Waals surface area contributed by atoms with Crippen molar-refractivity contribution in [3.05, 3.63) is 63.3 Å². The number of benzene rings is 1. The summed E-state index contributed by atoms with van der Waals surface area (Å²) in [5, 5.41) is 9.36. The van der Waals surface area contributed by atoms with Crippen LogP contribution in [0.25, 0.3) is 10.6 Å². The van der Waals surface area contributed by atoms with Crippen LogP contribution in [0.5, 0.6) is 0 Å². The van der Waals surface area contributed by atoms with Crippen molar-refractivity contribution in [2.45, 2.75) is 13.5 Å². The monoisotopic (exact) mass is 372 g/mol. The van der Waals surface area contributed by atoms with Crippen molar-refractivity contribution >= 4 is 34.6 Å². The second kappa shape index (κ2) is 8.04. The van der Waals surface area contributed by atoms with Crippen LogP contribution >= 0.6 is 22.7 Å². The highest BCUT2D eigenvalue weighted by atomic mass is 32.1. The van der Waals surface area contributed by atoms with E-state index < -0.39 is 5.97 Å². The number of rotatable bonds is 6. The highest BCUT2D eigenvalue weighted by Crippen LogP contribution is 2.25. The van der Waals surface area contributed by atoms with E-state index in [-0.39, 0.29) is 19.1 Å². The van der Waals surface area contributed by atoms with E-state index in [2.05, 4.69) is 10.3 Å². The van der Waals surface area contributed by atoms with Crippen molar-refractivity contribution < 1.29 is 14.3 Å². The average Bonchev–Trinajstić information content (AvgIpc) is 3.29. The van der Waals surface area contributed by atoms with Crippen LogP contribution in [0.4, 0.5) is 0 Å². The van der Waals surface area contributed by atoms with Crippen LogP contribution in [0.2, 0.25) is 0 Å². The van der Waals surface area contributed by atoms with Gasteiger partial charge in [-0.25, -0.2) is 4.98 Å². The maximum Gasteiger partial charge on any atom is 0.325 e. The Bertz CT molecular complexity index is 872. The second-order valence-electron chi connectivity index (χ2n) is 5.31. The maximum atomic E-state index is 12.1. The van der Waals surface area contributed by atoms with Crippen LogP contribution in [0.1, 0.15) is 21.6 Å². The number of aryl methyl sites for hydroxylation is 1. The number of nitrogens with one attached hydrogen (secondary N) is 1. The lowest BCUT2D eigenvalue weighted by Gasteiger charge is -2.07. The third kappa shape index (κ3) is 4.52. The Kier molecular flexibility index (Phi) is 5.57. The lowest BCUT2D eigenvalue weighted by atomic mass is 10.1. The molecule has 5 nitrogen and oxygen atoms in total. The molecule has 0 saturated carbocycles. The van der Waals surface area contributed by atoms with Gasteiger partial charge in [-0.1, -0.05) is 18.2 Å². The van der Waals surface area contributed by atoms with E-state index >= 15 is 0 Å². The highest BCUT2D eigenvalue weighted by molar-refractivity contribution is 7.14. The first-order chi connectivity index (χ1) is 12.1. The van der Waals surface area contributed by atoms with E-state index in [0.29, 0.717) is 11.3 Å². The normalized spacial score (nSPS) is 10.4. The fourth-order valence-corrected chi connectivity index (χ4v) is 3.69. The fourth-order valence-electron chi connectivity index (χ4n) is 2.17. The van der Waals surface area contributed by atoms with Crippen molar-refractivity contribution in [1.29, 1.82) is 0 Å². The van der Waals surface area contributed by atoms with Crippen LogP contribution in [-0.4, -0.2) is 23.4 Å². The first kappa shape index (κ1) is 17.3. The number of aromatic nitrogens is 1. The van der Waals surface area contributed by atoms with Crippen LogP contribution in [0.15, 0.2) is 46.5 Å². The number of ether oxygens (including phenoxy) is 1. The number of carbonyl (C=O) groups is 2. The van der Waals surface area contributed by atoms with Gasteiger partial charge in [0.2, 0.25) is 0 Å². The summed E-state index contributed by atoms with van der Waals surface area (Å²) in [5.41, 5.74) is 3.18. The Morgan fingerprint density at radius 2 is 2.04 bits per heavy atom. The molecule has 3 aromatic rings. The van der Waals surface area contributed by atoms with Gasteiger partial charge in [0.1, 0.15) is 18.2 Å². The molecule has 25 heavy (non-hydrogen) atoms. The molecule has 0 spiro atoms. The molecule has 0 atom stereocenters. The zero-order valence-corrected chi connectivity index (χ0v) is 15.2. The van der Waals surface area contributed by atoms with E-state index in [1.165, 1.54) is 11.3 Å². The van der Waals surface area contributed by atoms with Crippen LogP contribution < -0.4 is 5.32 Å². The van der Waals surface area contributed by atoms with Gasteiger partial charge in [0.25, 0.3) is 5.91 Å². The molecule has 0 unspecified atom stereocenters. The summed E-state index contributed by atoms with van der Waals surface area (Å²) < 4.78 is 5.17. The average molecular weight is 372 g/mol. The van der Waals surface area contributed by atoms with E-state index in [0.717, 1.165) is 16.1 Å². The summed E-state index contributed by atoms with van der Waals surface area (Å²) >= 11 is 3.12. The van der Waals surface area contributed by atoms with E-state index in [9.17, 15) is 9.59 Å². The molecule has 0 radical (unpaired) electrons. The van der Waals surface area contributed by atoms with Gasteiger partial charge in [-0.2, -0.15) is 11.3 Å². The molecule has 2 aromatic heterocycles. The summed E-state index contributed by atoms with van der Waals surface area (Å²) in [4.78, 5) is 28.3. The molecule has 0 aliphatic carbocycles. The molecule has 1 amide bonds. The van der Waals surface area contributed by atoms with Gasteiger partial charge in [0.05, 0.1) is 5.69 Å². The van der Waals surface area contributed by atoms with Crippen molar-refractivity contribution in [3.8, 4) is 10.6 Å². The molecule has 128 valence electrons. The van der Waals surface area contributed by atoms with Crippen LogP contribution in [0, 0.1) is 6.92 Å². The topological polar surface area (TPSA) is 68.3 Å². The third-order valence-electron chi connectivity index (χ3n) is 3.48. The van der Waals surface area contributed by atoms with Crippen LogP contribution in [0.3, 0.4) is 0 Å². The first-order valence-corrected chi connectivity index (χ1v) is 9.42. The summed E-state index contributed by atoms with van der Waals surface area (Å²) in [6, 6.07) is 9.21. The van der Waals surface area contributed by atoms with Crippen molar-refractivity contribution in [2.24, 2.45) is 0 Å². The highest BCUT2D eigenvalue weighted by Gasteiger charge is 2.12. The van der Waals surface area contributed by atoms with Gasteiger partial charge in [-0.3, -0.25) is 9.59 Å². The van der Waals surface area contributed by atoms with E-state index in [1.807, 2.05) is 41.3 Å². The first-order valence-electron chi connectivity index (χ1n) is 7.60. The molecule has 0 aliphatic heterocycles. The van der Waals surface area contributed by atoms with Gasteiger partial charge >= 0.3 is 5.97 Å². The molecule has 2 heterocycles. The zero-order chi connectivity index (χ0) is 17.6. The van der Waals surface area contributed by atoms with Gasteiger partial charge in [0, 0.05) is 21.9 Å². The third-order valence-corrected chi connectivity index (χ3v) is 5.11. The lowest BCUT2D eigenvalue weighted by molar-refractivity contribution is -0.143. The molecule has 0 aliphatic rings. The molecule has 0 bridgehead atoms. The van der Waals surface area contributed by atoms with E-state index in [1.54, 1.807) is 23.5 Å². The predicted molar refractivity (Wildman–Crippen MR) is 98.7 cm³/mol. The molecular weight excluding hydrogens is 356 g/mol. The SMILES string of the molecule is Cc1ccccc1C(=O)NCC(=O)OCc1csc(-c2ccsc2)n1. The number of hydrogen-bond donors (Lipinski definition) is 1. The molecule has 3 rings (SSSR count). The molecule has 0 fully saturated rings. The number of carbonyl (C=O) groups excluding carboxylic acids is 2. The van der Waals surface area contributed by atoms with Crippen LogP contribution in [-0.2, 0) is 16.1 Å². The van der Waals surface area contributed by atoms with Gasteiger partial charge < -0.3 is 10.1 Å². The summed E-state index contributed by atoms with van der Waals surface area (Å²) in [6.07, 6.45) is 0. The largest absolute Gasteiger partial charge is 0.458 e. The Balaban J connectivity index is 1.47. The number of hydrogen-bond acceptors (Lipinski definition) is 6. The summed E-state index contributed by atoms with van der Waals surface area (Å²) in [5.74, 6) is -0.782. The minimum absolute atomic E-state index is 0.0969. The van der Waals surface area contributed by atoms with Crippen molar-refractivity contribution in [1.82, 2.24) is 10.3 Å². The molecular formula is C18H16N2O3S2. The Morgan fingerprint density at radius 1 is 1.20 bits per heavy atom. The standard InChI is InChI=1S/C18H16N2O3S2/c1-12-4-2-3-5-15(12)17(22)19-8-16(21)23-9-14-11-25-18(20-14)13-6-7-24-10-13/h2-7,10-11H,8-9H2,1H3,(H,19,22). The Hall–Kier alpha value is -2.51. The number of amides is 1. The molecule has 7 heteroatoms. The number of esters is 1. The zero-order valence-electron chi connectivity index (χ0n) is 13.5. The second-order valence-corrected chi connectivity index (χ2v) is 6.95. The Labute approximate surface area is 153 Å². The predicted octanol–water partition coefficient (Wildman–Crippen LogP) is 3.65.